The minimum atomic E-state index is 1.01. The Hall–Kier alpha value is -2.41. The molecule has 1 nitrogen and oxygen atoms in total. The molecule has 92 valence electrons. The summed E-state index contributed by atoms with van der Waals surface area (Å²) in [5.41, 5.74) is 5.09. The highest BCUT2D eigenvalue weighted by atomic mass is 14.6. The molecule has 1 aliphatic carbocycles. The zero-order valence-corrected chi connectivity index (χ0v) is 10.7. The summed E-state index contributed by atoms with van der Waals surface area (Å²) < 4.78 is 0. The van der Waals surface area contributed by atoms with Gasteiger partial charge >= 0.3 is 0 Å². The molecule has 19 heavy (non-hydrogen) atoms. The van der Waals surface area contributed by atoms with E-state index in [0.29, 0.717) is 0 Å². The van der Waals surface area contributed by atoms with Crippen molar-refractivity contribution < 1.29 is 0 Å². The van der Waals surface area contributed by atoms with Gasteiger partial charge in [0.05, 0.1) is 0 Å². The van der Waals surface area contributed by atoms with E-state index in [-0.39, 0.29) is 0 Å². The van der Waals surface area contributed by atoms with Crippen molar-refractivity contribution >= 4 is 11.6 Å². The summed E-state index contributed by atoms with van der Waals surface area (Å²) in [6.45, 7) is 0. The Labute approximate surface area is 113 Å². The molecule has 0 unspecified atom stereocenters. The molecule has 1 aromatic heterocycles. The van der Waals surface area contributed by atoms with E-state index in [4.69, 9.17) is 0 Å². The van der Waals surface area contributed by atoms with Crippen LogP contribution < -0.4 is 0 Å². The lowest BCUT2D eigenvalue weighted by Gasteiger charge is -2.09. The van der Waals surface area contributed by atoms with Gasteiger partial charge in [-0.2, -0.15) is 0 Å². The minimum absolute atomic E-state index is 1.01. The Balaban J connectivity index is 2.05. The zero-order valence-electron chi connectivity index (χ0n) is 10.7. The molecular weight excluding hydrogens is 230 g/mol. The van der Waals surface area contributed by atoms with E-state index in [1.807, 2.05) is 24.5 Å². The second kappa shape index (κ2) is 5.49. The number of allylic oxidation sites excluding steroid dienone is 5. The highest BCUT2D eigenvalue weighted by Gasteiger charge is 2.08. The average Bonchev–Trinajstić information content (AvgIpc) is 3.01. The fourth-order valence-corrected chi connectivity index (χ4v) is 2.25. The first-order valence-electron chi connectivity index (χ1n) is 6.47. The smallest absolute Gasteiger partial charge is 0.0273 e. The lowest BCUT2D eigenvalue weighted by atomic mass is 9.95. The van der Waals surface area contributed by atoms with Crippen molar-refractivity contribution in [3.63, 3.8) is 0 Å². The van der Waals surface area contributed by atoms with E-state index >= 15 is 0 Å². The summed E-state index contributed by atoms with van der Waals surface area (Å²) in [6, 6.07) is 14.6. The van der Waals surface area contributed by atoms with Crippen molar-refractivity contribution in [2.75, 3.05) is 0 Å². The molecule has 0 aliphatic heterocycles. The van der Waals surface area contributed by atoms with Crippen molar-refractivity contribution in [2.45, 2.75) is 6.42 Å². The van der Waals surface area contributed by atoms with Crippen molar-refractivity contribution in [1.82, 2.24) is 4.98 Å². The average molecular weight is 245 g/mol. The van der Waals surface area contributed by atoms with Crippen LogP contribution in [0, 0.1) is 0 Å². The highest BCUT2D eigenvalue weighted by Crippen LogP contribution is 2.30. The van der Waals surface area contributed by atoms with Crippen LogP contribution in [0.2, 0.25) is 0 Å². The Bertz CT molecular complexity index is 634. The van der Waals surface area contributed by atoms with Gasteiger partial charge in [0.25, 0.3) is 0 Å². The molecule has 1 aromatic carbocycles. The predicted octanol–water partition coefficient (Wildman–Crippen LogP) is 4.51. The fourth-order valence-electron chi connectivity index (χ4n) is 2.25. The largest absolute Gasteiger partial charge is 0.265 e. The zero-order chi connectivity index (χ0) is 12.9. The summed E-state index contributed by atoms with van der Waals surface area (Å²) in [7, 11) is 0. The van der Waals surface area contributed by atoms with Crippen LogP contribution in [0.1, 0.15) is 17.5 Å². The van der Waals surface area contributed by atoms with Crippen molar-refractivity contribution in [2.24, 2.45) is 0 Å². The Morgan fingerprint density at radius 2 is 1.79 bits per heavy atom. The van der Waals surface area contributed by atoms with Crippen LogP contribution in [0.5, 0.6) is 0 Å². The van der Waals surface area contributed by atoms with E-state index in [0.717, 1.165) is 6.42 Å². The Morgan fingerprint density at radius 1 is 1.00 bits per heavy atom. The molecule has 2 aromatic rings. The fraction of sp³-hybridized carbons (Fsp3) is 0.0556. The standard InChI is InChI=1S/C18H15N/c1-2-6-16(7-3-1)18(17-8-4-5-9-17)14-15-10-12-19-13-11-15/h1-8,10-14H,9H2/b18-14+. The summed E-state index contributed by atoms with van der Waals surface area (Å²) in [5, 5.41) is 0. The second-order valence-corrected chi connectivity index (χ2v) is 4.53. The van der Waals surface area contributed by atoms with Gasteiger partial charge in [-0.05, 0) is 46.9 Å². The molecule has 0 fully saturated rings. The first-order valence-corrected chi connectivity index (χ1v) is 6.47. The maximum absolute atomic E-state index is 4.07. The van der Waals surface area contributed by atoms with Crippen molar-refractivity contribution in [3.8, 4) is 0 Å². The van der Waals surface area contributed by atoms with E-state index in [9.17, 15) is 0 Å². The van der Waals surface area contributed by atoms with Gasteiger partial charge in [-0.3, -0.25) is 4.98 Å². The topological polar surface area (TPSA) is 12.9 Å². The number of hydrogen-bond donors (Lipinski definition) is 0. The molecule has 0 saturated heterocycles. The van der Waals surface area contributed by atoms with Crippen LogP contribution in [-0.2, 0) is 0 Å². The predicted molar refractivity (Wildman–Crippen MR) is 80.4 cm³/mol. The number of hydrogen-bond acceptors (Lipinski definition) is 1. The van der Waals surface area contributed by atoms with E-state index in [2.05, 4.69) is 59.6 Å². The van der Waals surface area contributed by atoms with Gasteiger partial charge in [0.2, 0.25) is 0 Å². The van der Waals surface area contributed by atoms with Crippen molar-refractivity contribution in [3.05, 3.63) is 89.8 Å². The highest BCUT2D eigenvalue weighted by molar-refractivity contribution is 5.91. The monoisotopic (exact) mass is 245 g/mol. The molecule has 0 atom stereocenters. The molecule has 0 radical (unpaired) electrons. The van der Waals surface area contributed by atoms with E-state index in [1.54, 1.807) is 0 Å². The maximum Gasteiger partial charge on any atom is 0.0273 e. The third-order valence-corrected chi connectivity index (χ3v) is 3.22. The van der Waals surface area contributed by atoms with Crippen LogP contribution in [-0.4, -0.2) is 4.98 Å². The Morgan fingerprint density at radius 3 is 2.47 bits per heavy atom. The van der Waals surface area contributed by atoms with Crippen LogP contribution in [0.25, 0.3) is 11.6 Å². The Kier molecular flexibility index (Phi) is 3.37. The van der Waals surface area contributed by atoms with Crippen LogP contribution in [0.15, 0.2) is 78.7 Å². The lowest BCUT2D eigenvalue weighted by Crippen LogP contribution is -1.88. The summed E-state index contributed by atoms with van der Waals surface area (Å²) in [5.74, 6) is 0. The number of aromatic nitrogens is 1. The molecule has 0 amide bonds. The third-order valence-electron chi connectivity index (χ3n) is 3.22. The number of benzene rings is 1. The first-order chi connectivity index (χ1) is 9.43. The lowest BCUT2D eigenvalue weighted by molar-refractivity contribution is 1.32. The van der Waals surface area contributed by atoms with Gasteiger partial charge in [-0.15, -0.1) is 0 Å². The van der Waals surface area contributed by atoms with E-state index in [1.165, 1.54) is 22.3 Å². The van der Waals surface area contributed by atoms with Crippen LogP contribution in [0.3, 0.4) is 0 Å². The molecule has 1 heterocycles. The molecule has 0 bridgehead atoms. The number of nitrogens with zero attached hydrogens (tertiary/aromatic N) is 1. The second-order valence-electron chi connectivity index (χ2n) is 4.53. The molecule has 3 rings (SSSR count). The first kappa shape index (κ1) is 11.7. The number of rotatable bonds is 3. The van der Waals surface area contributed by atoms with Gasteiger partial charge in [0, 0.05) is 12.4 Å². The van der Waals surface area contributed by atoms with Gasteiger partial charge in [-0.1, -0.05) is 48.6 Å². The summed E-state index contributed by atoms with van der Waals surface area (Å²) in [4.78, 5) is 4.07. The van der Waals surface area contributed by atoms with Gasteiger partial charge in [-0.25, -0.2) is 0 Å². The van der Waals surface area contributed by atoms with Crippen molar-refractivity contribution in [1.29, 1.82) is 0 Å². The maximum atomic E-state index is 4.07. The van der Waals surface area contributed by atoms with Gasteiger partial charge in [0.15, 0.2) is 0 Å². The number of pyridine rings is 1. The van der Waals surface area contributed by atoms with Crippen LogP contribution in [0.4, 0.5) is 0 Å². The minimum Gasteiger partial charge on any atom is -0.265 e. The third kappa shape index (κ3) is 2.71. The molecule has 0 spiro atoms. The summed E-state index contributed by atoms with van der Waals surface area (Å²) >= 11 is 0. The van der Waals surface area contributed by atoms with Gasteiger partial charge < -0.3 is 0 Å². The molecule has 0 saturated carbocycles. The normalized spacial score (nSPS) is 14.5. The van der Waals surface area contributed by atoms with E-state index < -0.39 is 0 Å². The van der Waals surface area contributed by atoms with Gasteiger partial charge in [0.1, 0.15) is 0 Å². The molecule has 1 aliphatic rings. The summed E-state index contributed by atoms with van der Waals surface area (Å²) in [6.07, 6.45) is 13.4. The molecule has 1 heteroatoms. The quantitative estimate of drug-likeness (QED) is 0.775. The van der Waals surface area contributed by atoms with Crippen LogP contribution >= 0.6 is 0 Å². The molecule has 0 N–H and O–H groups in total. The SMILES string of the molecule is C1=CCC(/C(=C/c2ccncc2)c2ccccc2)=C1. The molecular formula is C18H15N.